The topological polar surface area (TPSA) is 49.4 Å². The molecule has 0 spiro atoms. The second-order valence-electron chi connectivity index (χ2n) is 6.81. The third-order valence-electron chi connectivity index (χ3n) is 4.99. The maximum Gasteiger partial charge on any atom is 0.261 e. The van der Waals surface area contributed by atoms with Gasteiger partial charge in [-0.2, -0.15) is 0 Å². The average Bonchev–Trinajstić information content (AvgIpc) is 2.64. The Kier molecular flexibility index (Phi) is 5.51. The van der Waals surface area contributed by atoms with Crippen molar-refractivity contribution in [3.05, 3.63) is 53.8 Å². The molecule has 6 heteroatoms. The second kappa shape index (κ2) is 7.66. The number of halogens is 1. The summed E-state index contributed by atoms with van der Waals surface area (Å²) in [5, 5.41) is 0. The van der Waals surface area contributed by atoms with Crippen molar-refractivity contribution in [2.75, 3.05) is 16.2 Å². The van der Waals surface area contributed by atoms with Gasteiger partial charge in [-0.3, -0.25) is 4.72 Å². The minimum absolute atomic E-state index is 0.0579. The molecular weight excluding hydrogens is 351 g/mol. The van der Waals surface area contributed by atoms with Crippen molar-refractivity contribution in [1.29, 1.82) is 0 Å². The summed E-state index contributed by atoms with van der Waals surface area (Å²) < 4.78 is 41.0. The summed E-state index contributed by atoms with van der Waals surface area (Å²) in [7, 11) is -3.74. The molecular formula is C20H25FN2O2S. The predicted molar refractivity (Wildman–Crippen MR) is 104 cm³/mol. The summed E-state index contributed by atoms with van der Waals surface area (Å²) >= 11 is 0. The van der Waals surface area contributed by atoms with Crippen molar-refractivity contribution >= 4 is 21.4 Å². The lowest BCUT2D eigenvalue weighted by molar-refractivity contribution is 0.450. The van der Waals surface area contributed by atoms with Gasteiger partial charge in [0.15, 0.2) is 0 Å². The summed E-state index contributed by atoms with van der Waals surface area (Å²) in [6.45, 7) is 4.79. The first-order valence-corrected chi connectivity index (χ1v) is 10.5. The molecule has 26 heavy (non-hydrogen) atoms. The normalized spacial score (nSPS) is 18.0. The van der Waals surface area contributed by atoms with E-state index in [0.717, 1.165) is 18.7 Å². The minimum atomic E-state index is -3.74. The van der Waals surface area contributed by atoms with Crippen LogP contribution in [0.1, 0.15) is 38.2 Å². The first kappa shape index (κ1) is 18.7. The molecule has 1 aliphatic rings. The van der Waals surface area contributed by atoms with Crippen LogP contribution in [0.2, 0.25) is 0 Å². The minimum Gasteiger partial charge on any atom is -0.369 e. The number of aryl methyl sites for hydroxylation is 1. The lowest BCUT2D eigenvalue weighted by Crippen LogP contribution is -2.39. The van der Waals surface area contributed by atoms with Gasteiger partial charge in [0.1, 0.15) is 5.82 Å². The number of piperidine rings is 1. The smallest absolute Gasteiger partial charge is 0.261 e. The van der Waals surface area contributed by atoms with Crippen LogP contribution in [-0.2, 0) is 10.0 Å². The number of hydrogen-bond donors (Lipinski definition) is 1. The van der Waals surface area contributed by atoms with Gasteiger partial charge in [0.2, 0.25) is 0 Å². The van der Waals surface area contributed by atoms with Crippen molar-refractivity contribution in [3.8, 4) is 0 Å². The molecule has 2 aromatic carbocycles. The van der Waals surface area contributed by atoms with Crippen LogP contribution in [-0.4, -0.2) is 21.0 Å². The monoisotopic (exact) mass is 376 g/mol. The molecule has 0 radical (unpaired) electrons. The van der Waals surface area contributed by atoms with E-state index >= 15 is 0 Å². The zero-order valence-electron chi connectivity index (χ0n) is 15.2. The molecule has 1 heterocycles. The van der Waals surface area contributed by atoms with Crippen LogP contribution in [0.4, 0.5) is 15.8 Å². The maximum atomic E-state index is 13.4. The fraction of sp³-hybridized carbons (Fsp3) is 0.400. The highest BCUT2D eigenvalue weighted by molar-refractivity contribution is 7.92. The van der Waals surface area contributed by atoms with Gasteiger partial charge < -0.3 is 4.90 Å². The fourth-order valence-corrected chi connectivity index (χ4v) is 4.63. The van der Waals surface area contributed by atoms with Gasteiger partial charge in [-0.1, -0.05) is 6.92 Å². The summed E-state index contributed by atoms with van der Waals surface area (Å²) in [5.74, 6) is -0.416. The molecule has 1 N–H and O–H groups in total. The molecule has 0 bridgehead atoms. The van der Waals surface area contributed by atoms with Crippen LogP contribution in [0, 0.1) is 12.7 Å². The van der Waals surface area contributed by atoms with E-state index in [1.165, 1.54) is 37.5 Å². The summed E-state index contributed by atoms with van der Waals surface area (Å²) in [6, 6.07) is 11.8. The summed E-state index contributed by atoms with van der Waals surface area (Å²) in [5.41, 5.74) is 1.93. The molecule has 0 amide bonds. The Morgan fingerprint density at radius 3 is 2.54 bits per heavy atom. The van der Waals surface area contributed by atoms with E-state index in [2.05, 4.69) is 16.5 Å². The standard InChI is InChI=1S/C20H25FN2O2S/c1-3-17-6-4-5-13-23(17)18-9-7-16(8-10-18)22-26(24,25)19-11-12-20(21)15(2)14-19/h7-12,14,17,22H,3-6,13H2,1-2H3. The molecule has 0 aromatic heterocycles. The lowest BCUT2D eigenvalue weighted by Gasteiger charge is -2.37. The Morgan fingerprint density at radius 1 is 1.15 bits per heavy atom. The number of sulfonamides is 1. The van der Waals surface area contributed by atoms with Gasteiger partial charge in [-0.05, 0) is 80.6 Å². The van der Waals surface area contributed by atoms with Gasteiger partial charge >= 0.3 is 0 Å². The molecule has 4 nitrogen and oxygen atoms in total. The largest absolute Gasteiger partial charge is 0.369 e. The van der Waals surface area contributed by atoms with Gasteiger partial charge in [-0.25, -0.2) is 12.8 Å². The van der Waals surface area contributed by atoms with E-state index in [0.29, 0.717) is 17.3 Å². The Balaban J connectivity index is 1.77. The number of rotatable bonds is 5. The third-order valence-corrected chi connectivity index (χ3v) is 6.37. The Hall–Kier alpha value is -2.08. The summed E-state index contributed by atoms with van der Waals surface area (Å²) in [6.07, 6.45) is 4.77. The average molecular weight is 376 g/mol. The van der Waals surface area contributed by atoms with E-state index in [9.17, 15) is 12.8 Å². The first-order chi connectivity index (χ1) is 12.4. The van der Waals surface area contributed by atoms with Gasteiger partial charge in [0.25, 0.3) is 10.0 Å². The van der Waals surface area contributed by atoms with Gasteiger partial charge in [0.05, 0.1) is 4.90 Å². The van der Waals surface area contributed by atoms with Crippen molar-refractivity contribution in [2.24, 2.45) is 0 Å². The molecule has 140 valence electrons. The van der Waals surface area contributed by atoms with E-state index in [-0.39, 0.29) is 4.90 Å². The van der Waals surface area contributed by atoms with Crippen molar-refractivity contribution in [1.82, 2.24) is 0 Å². The highest BCUT2D eigenvalue weighted by Crippen LogP contribution is 2.28. The Bertz CT molecular complexity index is 866. The number of nitrogens with one attached hydrogen (secondary N) is 1. The molecule has 1 unspecified atom stereocenters. The number of hydrogen-bond acceptors (Lipinski definition) is 3. The van der Waals surface area contributed by atoms with Crippen LogP contribution < -0.4 is 9.62 Å². The van der Waals surface area contributed by atoms with E-state index in [1.807, 2.05) is 12.1 Å². The van der Waals surface area contributed by atoms with Crippen LogP contribution in [0.15, 0.2) is 47.4 Å². The van der Waals surface area contributed by atoms with Crippen LogP contribution >= 0.6 is 0 Å². The second-order valence-corrected chi connectivity index (χ2v) is 8.50. The number of benzene rings is 2. The Morgan fingerprint density at radius 2 is 1.88 bits per heavy atom. The Labute approximate surface area is 155 Å². The lowest BCUT2D eigenvalue weighted by atomic mass is 9.99. The fourth-order valence-electron chi connectivity index (χ4n) is 3.48. The maximum absolute atomic E-state index is 13.4. The zero-order chi connectivity index (χ0) is 18.7. The molecule has 0 saturated carbocycles. The van der Waals surface area contributed by atoms with Crippen LogP contribution in [0.25, 0.3) is 0 Å². The molecule has 0 aliphatic carbocycles. The molecule has 1 fully saturated rings. The molecule has 3 rings (SSSR count). The van der Waals surface area contributed by atoms with Gasteiger partial charge in [-0.15, -0.1) is 0 Å². The predicted octanol–water partition coefficient (Wildman–Crippen LogP) is 4.70. The first-order valence-electron chi connectivity index (χ1n) is 9.06. The van der Waals surface area contributed by atoms with E-state index < -0.39 is 15.8 Å². The van der Waals surface area contributed by atoms with Crippen molar-refractivity contribution in [3.63, 3.8) is 0 Å². The van der Waals surface area contributed by atoms with E-state index in [4.69, 9.17) is 0 Å². The summed E-state index contributed by atoms with van der Waals surface area (Å²) in [4.78, 5) is 2.47. The molecule has 1 saturated heterocycles. The van der Waals surface area contributed by atoms with Crippen molar-refractivity contribution < 1.29 is 12.8 Å². The molecule has 2 aromatic rings. The van der Waals surface area contributed by atoms with E-state index in [1.54, 1.807) is 19.1 Å². The van der Waals surface area contributed by atoms with Crippen LogP contribution in [0.3, 0.4) is 0 Å². The SMILES string of the molecule is CCC1CCCCN1c1ccc(NS(=O)(=O)c2ccc(F)c(C)c2)cc1. The third kappa shape index (κ3) is 4.01. The number of nitrogens with zero attached hydrogens (tertiary/aromatic N) is 1. The number of anilines is 2. The van der Waals surface area contributed by atoms with Crippen LogP contribution in [0.5, 0.6) is 0 Å². The van der Waals surface area contributed by atoms with Crippen molar-refractivity contribution in [2.45, 2.75) is 50.5 Å². The van der Waals surface area contributed by atoms with Gasteiger partial charge in [0, 0.05) is 24.0 Å². The highest BCUT2D eigenvalue weighted by atomic mass is 32.2. The zero-order valence-corrected chi connectivity index (χ0v) is 16.0. The quantitative estimate of drug-likeness (QED) is 0.823. The molecule has 1 atom stereocenters. The molecule has 1 aliphatic heterocycles. The highest BCUT2D eigenvalue weighted by Gasteiger charge is 2.21.